The quantitative estimate of drug-likeness (QED) is 0.783. The van der Waals surface area contributed by atoms with Gasteiger partial charge in [-0.1, -0.05) is 23.7 Å². The maximum Gasteiger partial charge on any atom is 0.257 e. The van der Waals surface area contributed by atoms with Crippen molar-refractivity contribution in [2.24, 2.45) is 0 Å². The van der Waals surface area contributed by atoms with Gasteiger partial charge in [-0.25, -0.2) is 0 Å². The first-order valence-electron chi connectivity index (χ1n) is 7.50. The largest absolute Gasteiger partial charge is 0.491 e. The van der Waals surface area contributed by atoms with E-state index in [0.717, 1.165) is 5.56 Å². The topological polar surface area (TPSA) is 50.4 Å². The Labute approximate surface area is 152 Å². The van der Waals surface area contributed by atoms with Crippen molar-refractivity contribution in [1.82, 2.24) is 5.32 Å². The van der Waals surface area contributed by atoms with Crippen LogP contribution in [-0.2, 0) is 0 Å². The van der Waals surface area contributed by atoms with E-state index in [9.17, 15) is 4.79 Å². The number of anilines is 1. The van der Waals surface area contributed by atoms with Crippen LogP contribution in [0.3, 0.4) is 0 Å². The molecule has 0 atom stereocenters. The molecule has 0 unspecified atom stereocenters. The lowest BCUT2D eigenvalue weighted by molar-refractivity contribution is 0.0977. The summed E-state index contributed by atoms with van der Waals surface area (Å²) in [5.74, 6) is 0.335. The number of benzene rings is 2. The molecule has 1 amide bonds. The summed E-state index contributed by atoms with van der Waals surface area (Å²) < 4.78 is 5.59. The second-order valence-electron chi connectivity index (χ2n) is 5.57. The molecule has 0 radical (unpaired) electrons. The van der Waals surface area contributed by atoms with Crippen LogP contribution in [0.5, 0.6) is 5.75 Å². The third-order valence-electron chi connectivity index (χ3n) is 3.12. The van der Waals surface area contributed by atoms with Crippen molar-refractivity contribution in [3.8, 4) is 5.75 Å². The Morgan fingerprint density at radius 3 is 2.62 bits per heavy atom. The molecular formula is C18H19ClN2O2S. The molecule has 0 fully saturated rings. The van der Waals surface area contributed by atoms with Gasteiger partial charge in [0.2, 0.25) is 0 Å². The molecule has 4 nitrogen and oxygen atoms in total. The summed E-state index contributed by atoms with van der Waals surface area (Å²) in [6.45, 7) is 5.77. The van der Waals surface area contributed by atoms with Gasteiger partial charge in [0.05, 0.1) is 6.10 Å². The third-order valence-corrected chi connectivity index (χ3v) is 3.74. The van der Waals surface area contributed by atoms with Crippen molar-refractivity contribution in [2.75, 3.05) is 5.32 Å². The molecule has 0 spiro atoms. The summed E-state index contributed by atoms with van der Waals surface area (Å²) in [5.41, 5.74) is 2.16. The van der Waals surface area contributed by atoms with Gasteiger partial charge in [0.25, 0.3) is 5.91 Å². The van der Waals surface area contributed by atoms with Crippen LogP contribution in [0.1, 0.15) is 29.8 Å². The van der Waals surface area contributed by atoms with Gasteiger partial charge in [-0.2, -0.15) is 0 Å². The van der Waals surface area contributed by atoms with E-state index in [0.29, 0.717) is 22.0 Å². The van der Waals surface area contributed by atoms with Gasteiger partial charge in [-0.3, -0.25) is 10.1 Å². The Morgan fingerprint density at radius 2 is 1.96 bits per heavy atom. The molecule has 2 rings (SSSR count). The average molecular weight is 363 g/mol. The minimum Gasteiger partial charge on any atom is -0.491 e. The minimum atomic E-state index is -0.306. The molecule has 0 saturated carbocycles. The Bertz CT molecular complexity index is 762. The maximum atomic E-state index is 12.3. The Balaban J connectivity index is 2.00. The number of nitrogens with one attached hydrogen (secondary N) is 2. The molecule has 126 valence electrons. The number of carbonyl (C=O) groups excluding carboxylic acids is 1. The highest BCUT2D eigenvalue weighted by molar-refractivity contribution is 7.80. The average Bonchev–Trinajstić information content (AvgIpc) is 2.50. The summed E-state index contributed by atoms with van der Waals surface area (Å²) in [6.07, 6.45) is 0.0392. The fraction of sp³-hybridized carbons (Fsp3) is 0.222. The summed E-state index contributed by atoms with van der Waals surface area (Å²) in [6, 6.07) is 12.4. The van der Waals surface area contributed by atoms with Gasteiger partial charge in [-0.05, 0) is 68.9 Å². The number of carbonyl (C=O) groups is 1. The molecule has 0 aliphatic rings. The van der Waals surface area contributed by atoms with E-state index in [1.54, 1.807) is 24.3 Å². The minimum absolute atomic E-state index is 0.0392. The maximum absolute atomic E-state index is 12.3. The number of amides is 1. The Hall–Kier alpha value is -2.11. The van der Waals surface area contributed by atoms with Crippen LogP contribution in [0.15, 0.2) is 42.5 Å². The summed E-state index contributed by atoms with van der Waals surface area (Å²) >= 11 is 11.2. The lowest BCUT2D eigenvalue weighted by atomic mass is 10.2. The Kier molecular flexibility index (Phi) is 6.17. The standard InChI is InChI=1S/C18H19ClN2O2S/c1-11(2)23-15-6-4-5-13(9-15)17(22)21-18(24)20-14-8-7-12(3)16(19)10-14/h4-11H,1-3H3,(H2,20,21,22,24). The van der Waals surface area contributed by atoms with Crippen molar-refractivity contribution in [2.45, 2.75) is 26.9 Å². The van der Waals surface area contributed by atoms with E-state index < -0.39 is 0 Å². The predicted octanol–water partition coefficient (Wildman–Crippen LogP) is 4.56. The monoisotopic (exact) mass is 362 g/mol. The SMILES string of the molecule is Cc1ccc(NC(=S)NC(=O)c2cccc(OC(C)C)c2)cc1Cl. The molecule has 2 aromatic rings. The molecule has 2 aromatic carbocycles. The molecule has 24 heavy (non-hydrogen) atoms. The van der Waals surface area contributed by atoms with Gasteiger partial charge >= 0.3 is 0 Å². The van der Waals surface area contributed by atoms with E-state index in [1.807, 2.05) is 39.0 Å². The van der Waals surface area contributed by atoms with Crippen molar-refractivity contribution in [1.29, 1.82) is 0 Å². The molecule has 2 N–H and O–H groups in total. The number of ether oxygens (including phenoxy) is 1. The van der Waals surface area contributed by atoms with Crippen molar-refractivity contribution in [3.63, 3.8) is 0 Å². The fourth-order valence-electron chi connectivity index (χ4n) is 1.99. The second kappa shape index (κ2) is 8.13. The van der Waals surface area contributed by atoms with E-state index in [4.69, 9.17) is 28.6 Å². The summed E-state index contributed by atoms with van der Waals surface area (Å²) in [4.78, 5) is 12.3. The van der Waals surface area contributed by atoms with Gasteiger partial charge in [0, 0.05) is 16.3 Å². The number of halogens is 1. The van der Waals surface area contributed by atoms with Crippen LogP contribution in [0, 0.1) is 6.92 Å². The first-order valence-corrected chi connectivity index (χ1v) is 8.29. The highest BCUT2D eigenvalue weighted by atomic mass is 35.5. The molecule has 0 saturated heterocycles. The van der Waals surface area contributed by atoms with E-state index in [1.165, 1.54) is 0 Å². The highest BCUT2D eigenvalue weighted by Crippen LogP contribution is 2.20. The van der Waals surface area contributed by atoms with Crippen molar-refractivity contribution >= 4 is 40.5 Å². The van der Waals surface area contributed by atoms with Crippen molar-refractivity contribution < 1.29 is 9.53 Å². The van der Waals surface area contributed by atoms with Gasteiger partial charge in [0.1, 0.15) is 5.75 Å². The third kappa shape index (κ3) is 5.22. The van der Waals surface area contributed by atoms with E-state index in [-0.39, 0.29) is 17.1 Å². The molecule has 0 aromatic heterocycles. The smallest absolute Gasteiger partial charge is 0.257 e. The number of thiocarbonyl (C=S) groups is 1. The van der Waals surface area contributed by atoms with Crippen molar-refractivity contribution in [3.05, 3.63) is 58.6 Å². The van der Waals surface area contributed by atoms with Crippen LogP contribution >= 0.6 is 23.8 Å². The van der Waals surface area contributed by atoms with Crippen LogP contribution in [0.2, 0.25) is 5.02 Å². The molecular weight excluding hydrogens is 344 g/mol. The zero-order valence-corrected chi connectivity index (χ0v) is 15.3. The first kappa shape index (κ1) is 18.2. The summed E-state index contributed by atoms with van der Waals surface area (Å²) in [7, 11) is 0. The zero-order valence-electron chi connectivity index (χ0n) is 13.7. The highest BCUT2D eigenvalue weighted by Gasteiger charge is 2.10. The van der Waals surface area contributed by atoms with E-state index in [2.05, 4.69) is 10.6 Å². The Morgan fingerprint density at radius 1 is 1.21 bits per heavy atom. The van der Waals surface area contributed by atoms with Crippen LogP contribution in [0.4, 0.5) is 5.69 Å². The van der Waals surface area contributed by atoms with Crippen LogP contribution < -0.4 is 15.4 Å². The first-order chi connectivity index (χ1) is 11.3. The normalized spacial score (nSPS) is 10.4. The van der Waals surface area contributed by atoms with Gasteiger partial charge < -0.3 is 10.1 Å². The molecule has 0 aliphatic heterocycles. The number of hydrogen-bond acceptors (Lipinski definition) is 3. The number of rotatable bonds is 4. The number of hydrogen-bond donors (Lipinski definition) is 2. The van der Waals surface area contributed by atoms with Gasteiger partial charge in [0.15, 0.2) is 5.11 Å². The number of aryl methyl sites for hydroxylation is 1. The van der Waals surface area contributed by atoms with Crippen LogP contribution in [-0.4, -0.2) is 17.1 Å². The zero-order chi connectivity index (χ0) is 17.7. The van der Waals surface area contributed by atoms with E-state index >= 15 is 0 Å². The molecule has 6 heteroatoms. The van der Waals surface area contributed by atoms with Gasteiger partial charge in [-0.15, -0.1) is 0 Å². The summed E-state index contributed by atoms with van der Waals surface area (Å²) in [5, 5.41) is 6.42. The molecule has 0 heterocycles. The predicted molar refractivity (Wildman–Crippen MR) is 102 cm³/mol. The lowest BCUT2D eigenvalue weighted by Gasteiger charge is -2.12. The second-order valence-corrected chi connectivity index (χ2v) is 6.38. The van der Waals surface area contributed by atoms with Crippen LogP contribution in [0.25, 0.3) is 0 Å². The lowest BCUT2D eigenvalue weighted by Crippen LogP contribution is -2.34. The fourth-order valence-corrected chi connectivity index (χ4v) is 2.38. The molecule has 0 bridgehead atoms. The molecule has 0 aliphatic carbocycles.